The van der Waals surface area contributed by atoms with Gasteiger partial charge in [0.15, 0.2) is 0 Å². The molecule has 1 aliphatic rings. The van der Waals surface area contributed by atoms with E-state index in [9.17, 15) is 19.5 Å². The first-order valence-electron chi connectivity index (χ1n) is 10.8. The van der Waals surface area contributed by atoms with E-state index in [2.05, 4.69) is 16.0 Å². The number of nitrogens with one attached hydrogen (secondary N) is 3. The van der Waals surface area contributed by atoms with Gasteiger partial charge in [-0.1, -0.05) is 44.2 Å². The maximum Gasteiger partial charge on any atom is 0.331 e. The summed E-state index contributed by atoms with van der Waals surface area (Å²) in [4.78, 5) is 36.0. The van der Waals surface area contributed by atoms with Crippen LogP contribution in [0.5, 0.6) is 0 Å². The van der Waals surface area contributed by atoms with Crippen LogP contribution >= 0.6 is 0 Å². The van der Waals surface area contributed by atoms with Crippen molar-refractivity contribution < 1.29 is 24.2 Å². The van der Waals surface area contributed by atoms with Gasteiger partial charge < -0.3 is 25.8 Å². The summed E-state index contributed by atoms with van der Waals surface area (Å²) < 4.78 is 6.11. The molecule has 0 radical (unpaired) electrons. The third-order valence-electron chi connectivity index (χ3n) is 5.36. The minimum atomic E-state index is -1.06. The van der Waals surface area contributed by atoms with Gasteiger partial charge >= 0.3 is 12.0 Å². The van der Waals surface area contributed by atoms with Crippen LogP contribution in [-0.2, 0) is 20.7 Å². The molecule has 31 heavy (non-hydrogen) atoms. The summed E-state index contributed by atoms with van der Waals surface area (Å²) in [6, 6.07) is 8.18. The highest BCUT2D eigenvalue weighted by atomic mass is 16.5. The fourth-order valence-electron chi connectivity index (χ4n) is 3.69. The second kappa shape index (κ2) is 12.1. The van der Waals surface area contributed by atoms with Crippen molar-refractivity contribution in [3.63, 3.8) is 0 Å². The van der Waals surface area contributed by atoms with Crippen LogP contribution in [0.4, 0.5) is 4.79 Å². The average Bonchev–Trinajstić information content (AvgIpc) is 2.74. The molecule has 0 unspecified atom stereocenters. The van der Waals surface area contributed by atoms with Crippen molar-refractivity contribution in [2.24, 2.45) is 0 Å². The monoisotopic (exact) mass is 431 g/mol. The first kappa shape index (κ1) is 24.4. The number of ether oxygens (including phenoxy) is 1. The molecular weight excluding hydrogens is 398 g/mol. The van der Waals surface area contributed by atoms with Gasteiger partial charge in [-0.05, 0) is 30.9 Å². The highest BCUT2D eigenvalue weighted by Crippen LogP contribution is 2.24. The zero-order chi connectivity index (χ0) is 22.8. The van der Waals surface area contributed by atoms with E-state index in [1.807, 2.05) is 44.2 Å². The Bertz CT molecular complexity index is 777. The third kappa shape index (κ3) is 7.71. The standard InChI is InChI=1S/C23H33N3O5/c1-4-18(5-2)31-20-14-17(22(28)29)13-19(21(20)25-15(3)27)26-23(30)24-12-11-16-9-7-6-8-10-16/h6-10,14,18-21H,4-5,11-13H2,1-3H3,(H,25,27)(H,28,29)(H2,24,26,30)/t19-,20+,21+/m0/s1. The number of benzene rings is 1. The lowest BCUT2D eigenvalue weighted by molar-refractivity contribution is -0.133. The zero-order valence-electron chi connectivity index (χ0n) is 18.4. The van der Waals surface area contributed by atoms with E-state index in [1.54, 1.807) is 6.08 Å². The molecule has 0 aromatic heterocycles. The molecule has 170 valence electrons. The molecule has 3 atom stereocenters. The number of carbonyl (C=O) groups excluding carboxylic acids is 2. The maximum absolute atomic E-state index is 12.5. The first-order valence-corrected chi connectivity index (χ1v) is 10.8. The number of urea groups is 1. The number of carboxylic acid groups (broad SMARTS) is 1. The summed E-state index contributed by atoms with van der Waals surface area (Å²) >= 11 is 0. The molecule has 3 amide bonds. The van der Waals surface area contributed by atoms with Gasteiger partial charge in [0.2, 0.25) is 5.91 Å². The molecule has 0 heterocycles. The summed E-state index contributed by atoms with van der Waals surface area (Å²) in [5, 5.41) is 18.0. The summed E-state index contributed by atoms with van der Waals surface area (Å²) in [5.74, 6) is -1.33. The molecular formula is C23H33N3O5. The third-order valence-corrected chi connectivity index (χ3v) is 5.36. The molecule has 4 N–H and O–H groups in total. The Balaban J connectivity index is 2.09. The summed E-state index contributed by atoms with van der Waals surface area (Å²) in [7, 11) is 0. The lowest BCUT2D eigenvalue weighted by Crippen LogP contribution is -2.60. The van der Waals surface area contributed by atoms with Crippen LogP contribution < -0.4 is 16.0 Å². The van der Waals surface area contributed by atoms with Crippen LogP contribution in [0.1, 0.15) is 45.6 Å². The lowest BCUT2D eigenvalue weighted by Gasteiger charge is -2.38. The minimum absolute atomic E-state index is 0.0778. The molecule has 8 heteroatoms. The highest BCUT2D eigenvalue weighted by molar-refractivity contribution is 5.87. The van der Waals surface area contributed by atoms with E-state index in [0.29, 0.717) is 13.0 Å². The molecule has 2 rings (SSSR count). The second-order valence-electron chi connectivity index (χ2n) is 7.71. The van der Waals surface area contributed by atoms with Crippen molar-refractivity contribution in [3.8, 4) is 0 Å². The van der Waals surface area contributed by atoms with E-state index in [1.165, 1.54) is 6.92 Å². The van der Waals surface area contributed by atoms with E-state index in [0.717, 1.165) is 18.4 Å². The van der Waals surface area contributed by atoms with Gasteiger partial charge in [-0.2, -0.15) is 0 Å². The summed E-state index contributed by atoms with van der Waals surface area (Å²) in [5.41, 5.74) is 1.26. The minimum Gasteiger partial charge on any atom is -0.478 e. The predicted molar refractivity (Wildman–Crippen MR) is 118 cm³/mol. The van der Waals surface area contributed by atoms with Crippen molar-refractivity contribution >= 4 is 17.9 Å². The van der Waals surface area contributed by atoms with E-state index in [4.69, 9.17) is 4.74 Å². The van der Waals surface area contributed by atoms with Crippen LogP contribution in [0.25, 0.3) is 0 Å². The number of carboxylic acids is 1. The molecule has 8 nitrogen and oxygen atoms in total. The zero-order valence-corrected chi connectivity index (χ0v) is 18.4. The Labute approximate surface area is 183 Å². The fraction of sp³-hybridized carbons (Fsp3) is 0.522. The second-order valence-corrected chi connectivity index (χ2v) is 7.71. The molecule has 0 spiro atoms. The highest BCUT2D eigenvalue weighted by Gasteiger charge is 2.38. The first-order chi connectivity index (χ1) is 14.8. The topological polar surface area (TPSA) is 117 Å². The fourth-order valence-corrected chi connectivity index (χ4v) is 3.69. The van der Waals surface area contributed by atoms with E-state index >= 15 is 0 Å². The van der Waals surface area contributed by atoms with E-state index in [-0.39, 0.29) is 24.0 Å². The number of hydrogen-bond donors (Lipinski definition) is 4. The maximum atomic E-state index is 12.5. The van der Waals surface area contributed by atoms with Crippen LogP contribution in [-0.4, -0.2) is 53.9 Å². The molecule has 1 aromatic rings. The Morgan fingerprint density at radius 3 is 2.39 bits per heavy atom. The van der Waals surface area contributed by atoms with Crippen molar-refractivity contribution in [1.29, 1.82) is 0 Å². The molecule has 0 saturated heterocycles. The van der Waals surface area contributed by atoms with Crippen LogP contribution in [0.3, 0.4) is 0 Å². The largest absolute Gasteiger partial charge is 0.478 e. The van der Waals surface area contributed by atoms with Crippen molar-refractivity contribution in [2.45, 2.75) is 70.7 Å². The molecule has 0 bridgehead atoms. The lowest BCUT2D eigenvalue weighted by atomic mass is 9.87. The number of hydrogen-bond acceptors (Lipinski definition) is 4. The van der Waals surface area contributed by atoms with Gasteiger partial charge in [0.1, 0.15) is 0 Å². The van der Waals surface area contributed by atoms with Crippen LogP contribution in [0, 0.1) is 0 Å². The Morgan fingerprint density at radius 1 is 1.13 bits per heavy atom. The van der Waals surface area contributed by atoms with Gasteiger partial charge in [0.25, 0.3) is 0 Å². The molecule has 0 aliphatic heterocycles. The number of rotatable bonds is 10. The molecule has 0 saturated carbocycles. The average molecular weight is 432 g/mol. The number of aliphatic carboxylic acids is 1. The Hall–Kier alpha value is -2.87. The van der Waals surface area contributed by atoms with Gasteiger partial charge in [-0.15, -0.1) is 0 Å². The normalized spacial score (nSPS) is 20.6. The Kier molecular flexibility index (Phi) is 9.52. The SMILES string of the molecule is CCC(CC)O[C@@H]1C=C(C(=O)O)C[C@H](NC(=O)NCCc2ccccc2)[C@H]1NC(C)=O. The molecule has 1 aliphatic carbocycles. The van der Waals surface area contributed by atoms with Crippen LogP contribution in [0.15, 0.2) is 42.0 Å². The number of carbonyl (C=O) groups is 3. The van der Waals surface area contributed by atoms with Crippen molar-refractivity contribution in [2.75, 3.05) is 6.54 Å². The molecule has 0 fully saturated rings. The predicted octanol–water partition coefficient (Wildman–Crippen LogP) is 2.39. The quantitative estimate of drug-likeness (QED) is 0.454. The summed E-state index contributed by atoms with van der Waals surface area (Å²) in [6.07, 6.45) is 3.10. The van der Waals surface area contributed by atoms with E-state index < -0.39 is 30.2 Å². The Morgan fingerprint density at radius 2 is 1.81 bits per heavy atom. The summed E-state index contributed by atoms with van der Waals surface area (Å²) in [6.45, 7) is 5.80. The van der Waals surface area contributed by atoms with Gasteiger partial charge in [-0.3, -0.25) is 4.79 Å². The smallest absolute Gasteiger partial charge is 0.331 e. The number of amides is 3. The molecule has 1 aromatic carbocycles. The van der Waals surface area contributed by atoms with Gasteiger partial charge in [0, 0.05) is 25.5 Å². The van der Waals surface area contributed by atoms with Gasteiger partial charge in [-0.25, -0.2) is 9.59 Å². The van der Waals surface area contributed by atoms with Gasteiger partial charge in [0.05, 0.1) is 24.3 Å². The van der Waals surface area contributed by atoms with Crippen molar-refractivity contribution in [1.82, 2.24) is 16.0 Å². The van der Waals surface area contributed by atoms with Crippen LogP contribution in [0.2, 0.25) is 0 Å². The van der Waals surface area contributed by atoms with Crippen molar-refractivity contribution in [3.05, 3.63) is 47.5 Å².